The fraction of sp³-hybridized carbons (Fsp3) is 0.385. The molecule has 0 radical (unpaired) electrons. The van der Waals surface area contributed by atoms with Gasteiger partial charge in [-0.25, -0.2) is 0 Å². The molecule has 0 amide bonds. The number of nitrogens with two attached hydrogens (primary N) is 1. The zero-order valence-electron chi connectivity index (χ0n) is 9.06. The van der Waals surface area contributed by atoms with Crippen LogP contribution in [0.4, 0.5) is 0 Å². The number of benzene rings is 1. The number of hydrogen-bond donors (Lipinski definition) is 1. The lowest BCUT2D eigenvalue weighted by Crippen LogP contribution is -2.16. The van der Waals surface area contributed by atoms with Gasteiger partial charge in [-0.05, 0) is 18.4 Å². The molecule has 0 aliphatic carbocycles. The Bertz CT molecular complexity index is 271. The molecule has 15 heavy (non-hydrogen) atoms. The van der Waals surface area contributed by atoms with Gasteiger partial charge < -0.3 is 10.5 Å². The summed E-state index contributed by atoms with van der Waals surface area (Å²) in [6.45, 7) is 4.94. The molecule has 1 unspecified atom stereocenters. The number of allylic oxidation sites excluding steroid dienone is 1. The molecule has 0 aliphatic heterocycles. The van der Waals surface area contributed by atoms with Crippen molar-refractivity contribution in [1.82, 2.24) is 0 Å². The molecule has 0 spiro atoms. The van der Waals surface area contributed by atoms with Crippen LogP contribution in [-0.4, -0.2) is 13.2 Å². The van der Waals surface area contributed by atoms with Crippen molar-refractivity contribution in [1.29, 1.82) is 0 Å². The van der Waals surface area contributed by atoms with Crippen LogP contribution in [0.25, 0.3) is 0 Å². The minimum Gasteiger partial charge on any atom is -0.372 e. The van der Waals surface area contributed by atoms with Crippen molar-refractivity contribution in [2.75, 3.05) is 13.2 Å². The van der Waals surface area contributed by atoms with Gasteiger partial charge in [-0.2, -0.15) is 0 Å². The molecule has 0 fully saturated rings. The van der Waals surface area contributed by atoms with E-state index >= 15 is 0 Å². The zero-order valence-corrected chi connectivity index (χ0v) is 9.06. The SMILES string of the molecule is C=CCCCOC(CN)c1ccccc1. The molecule has 82 valence electrons. The zero-order chi connectivity index (χ0) is 10.9. The van der Waals surface area contributed by atoms with Gasteiger partial charge in [-0.3, -0.25) is 0 Å². The first-order valence-corrected chi connectivity index (χ1v) is 5.36. The van der Waals surface area contributed by atoms with Gasteiger partial charge in [0.15, 0.2) is 0 Å². The standard InChI is InChI=1S/C13H19NO/c1-2-3-7-10-15-13(11-14)12-8-5-4-6-9-12/h2,4-6,8-9,13H,1,3,7,10-11,14H2. The lowest BCUT2D eigenvalue weighted by Gasteiger charge is -2.15. The summed E-state index contributed by atoms with van der Waals surface area (Å²) in [6.07, 6.45) is 3.93. The molecular formula is C13H19NO. The fourth-order valence-electron chi connectivity index (χ4n) is 1.42. The largest absolute Gasteiger partial charge is 0.372 e. The maximum absolute atomic E-state index is 5.71. The van der Waals surface area contributed by atoms with Gasteiger partial charge in [-0.1, -0.05) is 36.4 Å². The van der Waals surface area contributed by atoms with Crippen molar-refractivity contribution in [3.8, 4) is 0 Å². The Morgan fingerprint density at radius 3 is 2.67 bits per heavy atom. The molecule has 0 bridgehead atoms. The van der Waals surface area contributed by atoms with Crippen molar-refractivity contribution in [3.05, 3.63) is 48.6 Å². The van der Waals surface area contributed by atoms with Crippen molar-refractivity contribution in [3.63, 3.8) is 0 Å². The third-order valence-electron chi connectivity index (χ3n) is 2.26. The van der Waals surface area contributed by atoms with Crippen LogP contribution < -0.4 is 5.73 Å². The van der Waals surface area contributed by atoms with Gasteiger partial charge in [0, 0.05) is 13.2 Å². The lowest BCUT2D eigenvalue weighted by atomic mass is 10.1. The quantitative estimate of drug-likeness (QED) is 0.548. The van der Waals surface area contributed by atoms with E-state index in [2.05, 4.69) is 6.58 Å². The predicted octanol–water partition coefficient (Wildman–Crippen LogP) is 2.67. The van der Waals surface area contributed by atoms with E-state index in [-0.39, 0.29) is 6.10 Å². The molecule has 2 nitrogen and oxygen atoms in total. The summed E-state index contributed by atoms with van der Waals surface area (Å²) in [7, 11) is 0. The summed E-state index contributed by atoms with van der Waals surface area (Å²) in [5.41, 5.74) is 6.83. The Hall–Kier alpha value is -1.12. The second-order valence-corrected chi connectivity index (χ2v) is 3.44. The molecular weight excluding hydrogens is 186 g/mol. The fourth-order valence-corrected chi connectivity index (χ4v) is 1.42. The Balaban J connectivity index is 2.39. The second-order valence-electron chi connectivity index (χ2n) is 3.44. The second kappa shape index (κ2) is 7.21. The number of ether oxygens (including phenoxy) is 1. The number of rotatable bonds is 7. The van der Waals surface area contributed by atoms with Crippen LogP contribution in [0.1, 0.15) is 24.5 Å². The average molecular weight is 205 g/mol. The van der Waals surface area contributed by atoms with Gasteiger partial charge in [0.2, 0.25) is 0 Å². The van der Waals surface area contributed by atoms with Gasteiger partial charge in [0.05, 0.1) is 6.10 Å². The molecule has 1 aromatic rings. The van der Waals surface area contributed by atoms with Gasteiger partial charge >= 0.3 is 0 Å². The minimum atomic E-state index is 0.0241. The molecule has 0 saturated heterocycles. The first-order chi connectivity index (χ1) is 7.38. The highest BCUT2D eigenvalue weighted by Gasteiger charge is 2.08. The van der Waals surface area contributed by atoms with Crippen molar-refractivity contribution in [2.45, 2.75) is 18.9 Å². The molecule has 2 heteroatoms. The summed E-state index contributed by atoms with van der Waals surface area (Å²) in [4.78, 5) is 0. The molecule has 0 aliphatic rings. The maximum atomic E-state index is 5.71. The van der Waals surface area contributed by atoms with Crippen LogP contribution in [0.5, 0.6) is 0 Å². The van der Waals surface area contributed by atoms with Crippen molar-refractivity contribution in [2.24, 2.45) is 5.73 Å². The van der Waals surface area contributed by atoms with Gasteiger partial charge in [0.25, 0.3) is 0 Å². The molecule has 2 N–H and O–H groups in total. The van der Waals surface area contributed by atoms with E-state index in [0.29, 0.717) is 6.54 Å². The van der Waals surface area contributed by atoms with E-state index in [1.807, 2.05) is 36.4 Å². The topological polar surface area (TPSA) is 35.2 Å². The summed E-state index contributed by atoms with van der Waals surface area (Å²) in [6, 6.07) is 10.1. The van der Waals surface area contributed by atoms with Crippen LogP contribution in [0, 0.1) is 0 Å². The highest BCUT2D eigenvalue weighted by atomic mass is 16.5. The van der Waals surface area contributed by atoms with Crippen LogP contribution in [0.2, 0.25) is 0 Å². The number of unbranched alkanes of at least 4 members (excludes halogenated alkanes) is 1. The molecule has 1 rings (SSSR count). The highest BCUT2D eigenvalue weighted by molar-refractivity contribution is 5.17. The van der Waals surface area contributed by atoms with E-state index in [1.165, 1.54) is 0 Å². The third kappa shape index (κ3) is 4.28. The maximum Gasteiger partial charge on any atom is 0.0947 e. The van der Waals surface area contributed by atoms with Crippen LogP contribution >= 0.6 is 0 Å². The predicted molar refractivity (Wildman–Crippen MR) is 63.6 cm³/mol. The van der Waals surface area contributed by atoms with Gasteiger partial charge in [0.1, 0.15) is 0 Å². The smallest absolute Gasteiger partial charge is 0.0947 e. The van der Waals surface area contributed by atoms with Crippen LogP contribution in [0.15, 0.2) is 43.0 Å². The van der Waals surface area contributed by atoms with Crippen LogP contribution in [-0.2, 0) is 4.74 Å². The Labute approximate surface area is 91.7 Å². The molecule has 0 aromatic heterocycles. The third-order valence-corrected chi connectivity index (χ3v) is 2.26. The van der Waals surface area contributed by atoms with Crippen molar-refractivity contribution >= 4 is 0 Å². The molecule has 1 aromatic carbocycles. The van der Waals surface area contributed by atoms with E-state index in [9.17, 15) is 0 Å². The average Bonchev–Trinajstić information content (AvgIpc) is 2.30. The van der Waals surface area contributed by atoms with Crippen LogP contribution in [0.3, 0.4) is 0 Å². The summed E-state index contributed by atoms with van der Waals surface area (Å²) >= 11 is 0. The molecule has 0 saturated carbocycles. The Kier molecular flexibility index (Phi) is 5.74. The van der Waals surface area contributed by atoms with Crippen molar-refractivity contribution < 1.29 is 4.74 Å². The summed E-state index contributed by atoms with van der Waals surface area (Å²) in [5, 5.41) is 0. The highest BCUT2D eigenvalue weighted by Crippen LogP contribution is 2.15. The summed E-state index contributed by atoms with van der Waals surface area (Å²) in [5.74, 6) is 0. The normalized spacial score (nSPS) is 12.3. The lowest BCUT2D eigenvalue weighted by molar-refractivity contribution is 0.0574. The number of hydrogen-bond acceptors (Lipinski definition) is 2. The van der Waals surface area contributed by atoms with Gasteiger partial charge in [-0.15, -0.1) is 6.58 Å². The molecule has 1 atom stereocenters. The van der Waals surface area contributed by atoms with E-state index in [4.69, 9.17) is 10.5 Å². The Morgan fingerprint density at radius 1 is 1.33 bits per heavy atom. The first kappa shape index (κ1) is 12.0. The monoisotopic (exact) mass is 205 g/mol. The Morgan fingerprint density at radius 2 is 2.07 bits per heavy atom. The first-order valence-electron chi connectivity index (χ1n) is 5.36. The minimum absolute atomic E-state index is 0.0241. The molecule has 0 heterocycles. The summed E-state index contributed by atoms with van der Waals surface area (Å²) < 4.78 is 5.71. The van der Waals surface area contributed by atoms with E-state index < -0.39 is 0 Å². The van der Waals surface area contributed by atoms with E-state index in [1.54, 1.807) is 0 Å². The van der Waals surface area contributed by atoms with E-state index in [0.717, 1.165) is 25.0 Å².